The van der Waals surface area contributed by atoms with Crippen molar-refractivity contribution in [2.45, 2.75) is 43.9 Å². The number of nitrogens with one attached hydrogen (secondary N) is 1. The summed E-state index contributed by atoms with van der Waals surface area (Å²) in [6, 6.07) is 8.63. The van der Waals surface area contributed by atoms with Gasteiger partial charge in [-0.25, -0.2) is 0 Å². The number of fused-ring (bicyclic) bond motifs is 1. The maximum atomic E-state index is 11.5. The lowest BCUT2D eigenvalue weighted by atomic mass is 9.95. The molecule has 2 aliphatic rings. The van der Waals surface area contributed by atoms with Crippen LogP contribution in [0.15, 0.2) is 30.3 Å². The highest BCUT2D eigenvalue weighted by Gasteiger charge is 2.50. The Bertz CT molecular complexity index is 630. The number of terminal acetylenes is 1. The van der Waals surface area contributed by atoms with Gasteiger partial charge in [-0.2, -0.15) is 0 Å². The van der Waals surface area contributed by atoms with Crippen LogP contribution in [0.1, 0.15) is 18.8 Å². The van der Waals surface area contributed by atoms with Gasteiger partial charge in [0.05, 0.1) is 6.61 Å². The van der Waals surface area contributed by atoms with Crippen molar-refractivity contribution < 1.29 is 28.8 Å². The number of rotatable bonds is 4. The molecular formula is C18H21NO6. The standard InChI is InChI=1S/C18H21NO6/c1-3-9-22-18-14(19-11(2)20)15(21)16-13(24-18)10-23-17(25-16)12-7-5-4-6-8-12/h1,4-8,13-18,21H,9-10H2,2H3,(H,19,20)/t13-,14-,15+,16+,17-,18+/m0/s1. The molecule has 0 saturated carbocycles. The minimum Gasteiger partial charge on any atom is -0.388 e. The van der Waals surface area contributed by atoms with Crippen LogP contribution in [0.4, 0.5) is 0 Å². The Hall–Kier alpha value is -1.95. The minimum absolute atomic E-state index is 0.000781. The summed E-state index contributed by atoms with van der Waals surface area (Å²) in [4.78, 5) is 11.5. The number of carbonyl (C=O) groups excluding carboxylic acids is 1. The van der Waals surface area contributed by atoms with Crippen molar-refractivity contribution in [1.82, 2.24) is 5.32 Å². The van der Waals surface area contributed by atoms with E-state index in [-0.39, 0.29) is 19.1 Å². The van der Waals surface area contributed by atoms with Crippen LogP contribution in [0.25, 0.3) is 0 Å². The summed E-state index contributed by atoms with van der Waals surface area (Å²) >= 11 is 0. The number of ether oxygens (including phenoxy) is 4. The predicted molar refractivity (Wildman–Crippen MR) is 87.1 cm³/mol. The van der Waals surface area contributed by atoms with Crippen molar-refractivity contribution in [1.29, 1.82) is 0 Å². The third-order valence-corrected chi connectivity index (χ3v) is 4.14. The molecule has 2 heterocycles. The second-order valence-electron chi connectivity index (χ2n) is 5.95. The van der Waals surface area contributed by atoms with Gasteiger partial charge in [0, 0.05) is 12.5 Å². The van der Waals surface area contributed by atoms with Gasteiger partial charge in [0.2, 0.25) is 5.91 Å². The van der Waals surface area contributed by atoms with Crippen LogP contribution in [0.2, 0.25) is 0 Å². The summed E-state index contributed by atoms with van der Waals surface area (Å²) in [5.41, 5.74) is 0.843. The smallest absolute Gasteiger partial charge is 0.217 e. The van der Waals surface area contributed by atoms with E-state index in [1.54, 1.807) is 0 Å². The maximum Gasteiger partial charge on any atom is 0.217 e. The first-order valence-corrected chi connectivity index (χ1v) is 8.08. The molecule has 7 nitrogen and oxygen atoms in total. The number of hydrogen-bond donors (Lipinski definition) is 2. The van der Waals surface area contributed by atoms with Crippen molar-refractivity contribution in [3.8, 4) is 12.3 Å². The van der Waals surface area contributed by atoms with Crippen LogP contribution < -0.4 is 5.32 Å². The van der Waals surface area contributed by atoms with Gasteiger partial charge < -0.3 is 29.4 Å². The number of aliphatic hydroxyl groups is 1. The van der Waals surface area contributed by atoms with Crippen LogP contribution in [-0.2, 0) is 23.7 Å². The fourth-order valence-corrected chi connectivity index (χ4v) is 3.03. The van der Waals surface area contributed by atoms with Crippen LogP contribution in [0.5, 0.6) is 0 Å². The quantitative estimate of drug-likeness (QED) is 0.764. The molecule has 2 saturated heterocycles. The van der Waals surface area contributed by atoms with Gasteiger partial charge in [-0.3, -0.25) is 4.79 Å². The predicted octanol–water partition coefficient (Wildman–Crippen LogP) is 0.341. The zero-order valence-corrected chi connectivity index (χ0v) is 13.8. The molecule has 134 valence electrons. The van der Waals surface area contributed by atoms with Crippen LogP contribution >= 0.6 is 0 Å². The topological polar surface area (TPSA) is 86.2 Å². The Balaban J connectivity index is 1.75. The summed E-state index contributed by atoms with van der Waals surface area (Å²) in [7, 11) is 0. The molecule has 0 radical (unpaired) electrons. The molecule has 0 aromatic heterocycles. The molecule has 0 aliphatic carbocycles. The van der Waals surface area contributed by atoms with E-state index >= 15 is 0 Å². The van der Waals surface area contributed by atoms with Gasteiger partial charge in [-0.1, -0.05) is 36.3 Å². The molecule has 1 aromatic rings. The first-order valence-electron chi connectivity index (χ1n) is 8.08. The minimum atomic E-state index is -1.03. The van der Waals surface area contributed by atoms with E-state index in [1.807, 2.05) is 30.3 Å². The summed E-state index contributed by atoms with van der Waals surface area (Å²) < 4.78 is 22.9. The second-order valence-corrected chi connectivity index (χ2v) is 5.95. The van der Waals surface area contributed by atoms with Crippen molar-refractivity contribution in [3.63, 3.8) is 0 Å². The van der Waals surface area contributed by atoms with E-state index in [2.05, 4.69) is 11.2 Å². The highest BCUT2D eigenvalue weighted by atomic mass is 16.7. The van der Waals surface area contributed by atoms with E-state index in [4.69, 9.17) is 25.4 Å². The number of aliphatic hydroxyl groups excluding tert-OH is 1. The van der Waals surface area contributed by atoms with Gasteiger partial charge in [0.25, 0.3) is 0 Å². The molecule has 2 fully saturated rings. The number of hydrogen-bond acceptors (Lipinski definition) is 6. The third-order valence-electron chi connectivity index (χ3n) is 4.14. The fraction of sp³-hybridized carbons (Fsp3) is 0.500. The molecule has 0 bridgehead atoms. The fourth-order valence-electron chi connectivity index (χ4n) is 3.03. The Kier molecular flexibility index (Phi) is 5.68. The lowest BCUT2D eigenvalue weighted by Gasteiger charge is -2.47. The van der Waals surface area contributed by atoms with Gasteiger partial charge in [-0.15, -0.1) is 6.42 Å². The molecule has 0 spiro atoms. The van der Waals surface area contributed by atoms with E-state index in [1.165, 1.54) is 6.92 Å². The molecule has 25 heavy (non-hydrogen) atoms. The monoisotopic (exact) mass is 347 g/mol. The molecule has 1 amide bonds. The third kappa shape index (κ3) is 4.00. The lowest BCUT2D eigenvalue weighted by molar-refractivity contribution is -0.342. The Morgan fingerprint density at radius 3 is 2.84 bits per heavy atom. The molecule has 2 N–H and O–H groups in total. The van der Waals surface area contributed by atoms with Crippen molar-refractivity contribution in [3.05, 3.63) is 35.9 Å². The molecule has 7 heteroatoms. The van der Waals surface area contributed by atoms with Gasteiger partial charge >= 0.3 is 0 Å². The van der Waals surface area contributed by atoms with E-state index in [9.17, 15) is 9.90 Å². The largest absolute Gasteiger partial charge is 0.388 e. The van der Waals surface area contributed by atoms with Gasteiger partial charge in [0.1, 0.15) is 31.0 Å². The first-order chi connectivity index (χ1) is 12.1. The Labute approximate surface area is 146 Å². The first kappa shape index (κ1) is 17.9. The summed E-state index contributed by atoms with van der Waals surface area (Å²) in [6.07, 6.45) is 1.51. The van der Waals surface area contributed by atoms with E-state index in [0.717, 1.165) is 5.56 Å². The number of carbonyl (C=O) groups is 1. The molecular weight excluding hydrogens is 326 g/mol. The number of amides is 1. The Morgan fingerprint density at radius 1 is 1.40 bits per heavy atom. The van der Waals surface area contributed by atoms with Gasteiger partial charge in [-0.05, 0) is 0 Å². The van der Waals surface area contributed by atoms with Gasteiger partial charge in [0.15, 0.2) is 12.6 Å². The Morgan fingerprint density at radius 2 is 2.16 bits per heavy atom. The normalized spacial score (nSPS) is 34.6. The molecule has 2 aliphatic heterocycles. The molecule has 6 atom stereocenters. The average Bonchev–Trinajstić information content (AvgIpc) is 2.63. The highest BCUT2D eigenvalue weighted by molar-refractivity contribution is 5.73. The van der Waals surface area contributed by atoms with Crippen LogP contribution in [0.3, 0.4) is 0 Å². The maximum absolute atomic E-state index is 11.5. The zero-order chi connectivity index (χ0) is 17.8. The number of benzene rings is 1. The highest BCUT2D eigenvalue weighted by Crippen LogP contribution is 2.34. The molecule has 3 rings (SSSR count). The summed E-state index contributed by atoms with van der Waals surface area (Å²) in [5.74, 6) is 2.03. The molecule has 1 aromatic carbocycles. The lowest BCUT2D eigenvalue weighted by Crippen LogP contribution is -2.66. The van der Waals surface area contributed by atoms with Crippen LogP contribution in [-0.4, -0.2) is 54.9 Å². The average molecular weight is 347 g/mol. The van der Waals surface area contributed by atoms with Crippen molar-refractivity contribution >= 4 is 5.91 Å². The molecule has 0 unspecified atom stereocenters. The SMILES string of the molecule is C#CCO[C@@H]1O[C@H]2CO[C@H](c3ccccc3)O[C@H]2[C@H](O)[C@@H]1NC(C)=O. The van der Waals surface area contributed by atoms with Crippen molar-refractivity contribution in [2.24, 2.45) is 0 Å². The summed E-state index contributed by atoms with van der Waals surface area (Å²) in [6.45, 7) is 1.58. The van der Waals surface area contributed by atoms with E-state index in [0.29, 0.717) is 0 Å². The van der Waals surface area contributed by atoms with E-state index < -0.39 is 36.9 Å². The van der Waals surface area contributed by atoms with Crippen LogP contribution in [0, 0.1) is 12.3 Å². The zero-order valence-electron chi connectivity index (χ0n) is 13.8. The summed E-state index contributed by atoms with van der Waals surface area (Å²) in [5, 5.41) is 13.4. The van der Waals surface area contributed by atoms with Crippen molar-refractivity contribution in [2.75, 3.05) is 13.2 Å². The second kappa shape index (κ2) is 7.95.